The molecule has 2 atom stereocenters. The van der Waals surface area contributed by atoms with Crippen LogP contribution in [-0.2, 0) is 16.1 Å². The summed E-state index contributed by atoms with van der Waals surface area (Å²) in [5.74, 6) is 0.0928. The third-order valence-corrected chi connectivity index (χ3v) is 3.61. The van der Waals surface area contributed by atoms with Crippen LogP contribution in [0, 0.1) is 5.92 Å². The predicted octanol–water partition coefficient (Wildman–Crippen LogP) is 2.64. The van der Waals surface area contributed by atoms with Gasteiger partial charge in [-0.1, -0.05) is 43.2 Å². The Balaban J connectivity index is 1.87. The van der Waals surface area contributed by atoms with Crippen molar-refractivity contribution in [3.8, 4) is 0 Å². The van der Waals surface area contributed by atoms with Crippen molar-refractivity contribution < 1.29 is 9.53 Å². The van der Waals surface area contributed by atoms with E-state index in [1.807, 2.05) is 18.2 Å². The average molecular weight is 247 g/mol. The van der Waals surface area contributed by atoms with E-state index in [4.69, 9.17) is 10.5 Å². The molecule has 0 aliphatic heterocycles. The Morgan fingerprint density at radius 2 is 1.94 bits per heavy atom. The van der Waals surface area contributed by atoms with Crippen LogP contribution in [0.25, 0.3) is 0 Å². The molecule has 0 bridgehead atoms. The van der Waals surface area contributed by atoms with Crippen molar-refractivity contribution in [2.24, 2.45) is 11.7 Å². The quantitative estimate of drug-likeness (QED) is 0.869. The van der Waals surface area contributed by atoms with Gasteiger partial charge in [-0.2, -0.15) is 0 Å². The van der Waals surface area contributed by atoms with Gasteiger partial charge in [0.2, 0.25) is 5.91 Å². The van der Waals surface area contributed by atoms with Gasteiger partial charge in [0.1, 0.15) is 0 Å². The van der Waals surface area contributed by atoms with Crippen molar-refractivity contribution in [1.82, 2.24) is 0 Å². The molecule has 1 aromatic rings. The van der Waals surface area contributed by atoms with Gasteiger partial charge in [-0.25, -0.2) is 0 Å². The minimum absolute atomic E-state index is 0.187. The molecular weight excluding hydrogens is 226 g/mol. The lowest BCUT2D eigenvalue weighted by atomic mass is 9.84. The van der Waals surface area contributed by atoms with Crippen LogP contribution in [0.1, 0.15) is 37.7 Å². The SMILES string of the molecule is NC(=O)C[C@H]1CCCC[C@H]1OCc1ccccc1. The van der Waals surface area contributed by atoms with Crippen LogP contribution in [0.15, 0.2) is 30.3 Å². The van der Waals surface area contributed by atoms with E-state index < -0.39 is 0 Å². The molecule has 98 valence electrons. The fraction of sp³-hybridized carbons (Fsp3) is 0.533. The maximum Gasteiger partial charge on any atom is 0.217 e. The monoisotopic (exact) mass is 247 g/mol. The van der Waals surface area contributed by atoms with E-state index in [0.29, 0.717) is 18.9 Å². The van der Waals surface area contributed by atoms with Crippen LogP contribution in [0.2, 0.25) is 0 Å². The molecule has 0 aromatic heterocycles. The number of hydrogen-bond donors (Lipinski definition) is 1. The van der Waals surface area contributed by atoms with Crippen LogP contribution in [-0.4, -0.2) is 12.0 Å². The lowest BCUT2D eigenvalue weighted by Gasteiger charge is -2.30. The Morgan fingerprint density at radius 1 is 1.22 bits per heavy atom. The van der Waals surface area contributed by atoms with Crippen LogP contribution in [0.4, 0.5) is 0 Å². The topological polar surface area (TPSA) is 52.3 Å². The molecule has 1 saturated carbocycles. The summed E-state index contributed by atoms with van der Waals surface area (Å²) in [6.07, 6.45) is 5.12. The summed E-state index contributed by atoms with van der Waals surface area (Å²) in [7, 11) is 0. The first kappa shape index (κ1) is 13.1. The van der Waals surface area contributed by atoms with Gasteiger partial charge in [-0.15, -0.1) is 0 Å². The molecule has 0 saturated heterocycles. The second kappa shape index (κ2) is 6.55. The molecule has 2 rings (SSSR count). The summed E-state index contributed by atoms with van der Waals surface area (Å²) in [6.45, 7) is 0.626. The maximum atomic E-state index is 11.1. The van der Waals surface area contributed by atoms with E-state index in [0.717, 1.165) is 12.8 Å². The van der Waals surface area contributed by atoms with Crippen molar-refractivity contribution >= 4 is 5.91 Å². The molecule has 0 radical (unpaired) electrons. The number of rotatable bonds is 5. The zero-order chi connectivity index (χ0) is 12.8. The molecule has 1 aliphatic rings. The number of amides is 1. The number of hydrogen-bond acceptors (Lipinski definition) is 2. The molecule has 1 aliphatic carbocycles. The number of nitrogens with two attached hydrogens (primary N) is 1. The Morgan fingerprint density at radius 3 is 2.67 bits per heavy atom. The first-order valence-corrected chi connectivity index (χ1v) is 6.69. The Kier molecular flexibility index (Phi) is 4.76. The van der Waals surface area contributed by atoms with Crippen LogP contribution >= 0.6 is 0 Å². The number of carbonyl (C=O) groups is 1. The van der Waals surface area contributed by atoms with Gasteiger partial charge in [0.05, 0.1) is 12.7 Å². The molecule has 0 unspecified atom stereocenters. The van der Waals surface area contributed by atoms with Gasteiger partial charge < -0.3 is 10.5 Å². The van der Waals surface area contributed by atoms with Gasteiger partial charge in [0, 0.05) is 6.42 Å². The summed E-state index contributed by atoms with van der Waals surface area (Å²) >= 11 is 0. The van der Waals surface area contributed by atoms with Gasteiger partial charge in [0.15, 0.2) is 0 Å². The van der Waals surface area contributed by atoms with Gasteiger partial charge in [0.25, 0.3) is 0 Å². The lowest BCUT2D eigenvalue weighted by Crippen LogP contribution is -2.31. The molecule has 3 heteroatoms. The Hall–Kier alpha value is -1.35. The highest BCUT2D eigenvalue weighted by Gasteiger charge is 2.27. The molecule has 0 spiro atoms. The normalized spacial score (nSPS) is 23.8. The fourth-order valence-electron chi connectivity index (χ4n) is 2.66. The van der Waals surface area contributed by atoms with E-state index >= 15 is 0 Å². The van der Waals surface area contributed by atoms with E-state index in [1.54, 1.807) is 0 Å². The second-order valence-electron chi connectivity index (χ2n) is 5.05. The third-order valence-electron chi connectivity index (χ3n) is 3.61. The Labute approximate surface area is 108 Å². The van der Waals surface area contributed by atoms with Crippen LogP contribution in [0.3, 0.4) is 0 Å². The van der Waals surface area contributed by atoms with Gasteiger partial charge in [-0.3, -0.25) is 4.79 Å². The molecule has 18 heavy (non-hydrogen) atoms. The van der Waals surface area contributed by atoms with Crippen molar-refractivity contribution in [3.05, 3.63) is 35.9 Å². The van der Waals surface area contributed by atoms with E-state index in [1.165, 1.54) is 18.4 Å². The number of benzene rings is 1. The van der Waals surface area contributed by atoms with E-state index in [9.17, 15) is 4.79 Å². The second-order valence-corrected chi connectivity index (χ2v) is 5.05. The highest BCUT2D eigenvalue weighted by molar-refractivity contribution is 5.74. The van der Waals surface area contributed by atoms with Crippen molar-refractivity contribution in [2.45, 2.75) is 44.8 Å². The van der Waals surface area contributed by atoms with Crippen molar-refractivity contribution in [3.63, 3.8) is 0 Å². The predicted molar refractivity (Wildman–Crippen MR) is 70.8 cm³/mol. The molecule has 1 aromatic carbocycles. The zero-order valence-electron chi connectivity index (χ0n) is 10.7. The van der Waals surface area contributed by atoms with E-state index in [2.05, 4.69) is 12.1 Å². The third kappa shape index (κ3) is 3.84. The summed E-state index contributed by atoms with van der Waals surface area (Å²) in [5.41, 5.74) is 6.48. The first-order chi connectivity index (χ1) is 8.75. The van der Waals surface area contributed by atoms with Crippen molar-refractivity contribution in [2.75, 3.05) is 0 Å². The molecular formula is C15H21NO2. The average Bonchev–Trinajstić information content (AvgIpc) is 2.38. The fourth-order valence-corrected chi connectivity index (χ4v) is 2.66. The Bertz CT molecular complexity index is 377. The highest BCUT2D eigenvalue weighted by atomic mass is 16.5. The van der Waals surface area contributed by atoms with E-state index in [-0.39, 0.29) is 12.0 Å². The molecule has 1 fully saturated rings. The number of carbonyl (C=O) groups excluding carboxylic acids is 1. The summed E-state index contributed by atoms with van der Waals surface area (Å²) in [6, 6.07) is 10.2. The first-order valence-electron chi connectivity index (χ1n) is 6.69. The number of primary amides is 1. The maximum absolute atomic E-state index is 11.1. The molecule has 0 heterocycles. The van der Waals surface area contributed by atoms with Crippen LogP contribution in [0.5, 0.6) is 0 Å². The minimum Gasteiger partial charge on any atom is -0.373 e. The zero-order valence-corrected chi connectivity index (χ0v) is 10.7. The minimum atomic E-state index is -0.213. The van der Waals surface area contributed by atoms with Crippen LogP contribution < -0.4 is 5.73 Å². The molecule has 1 amide bonds. The smallest absolute Gasteiger partial charge is 0.217 e. The lowest BCUT2D eigenvalue weighted by molar-refractivity contribution is -0.121. The summed E-state index contributed by atoms with van der Waals surface area (Å²) in [5, 5.41) is 0. The van der Waals surface area contributed by atoms with Crippen molar-refractivity contribution in [1.29, 1.82) is 0 Å². The standard InChI is InChI=1S/C15H21NO2/c16-15(17)10-13-8-4-5-9-14(13)18-11-12-6-2-1-3-7-12/h1-3,6-7,13-14H,4-5,8-11H2,(H2,16,17)/t13-,14-/m1/s1. The van der Waals surface area contributed by atoms with Gasteiger partial charge >= 0.3 is 0 Å². The summed E-state index contributed by atoms with van der Waals surface area (Å²) in [4.78, 5) is 11.1. The highest BCUT2D eigenvalue weighted by Crippen LogP contribution is 2.29. The largest absolute Gasteiger partial charge is 0.373 e. The molecule has 2 N–H and O–H groups in total. The van der Waals surface area contributed by atoms with Gasteiger partial charge in [-0.05, 0) is 24.3 Å². The molecule has 3 nitrogen and oxygen atoms in total. The number of ether oxygens (including phenoxy) is 1. The summed E-state index contributed by atoms with van der Waals surface area (Å²) < 4.78 is 5.97.